The third kappa shape index (κ3) is 3.28. The summed E-state index contributed by atoms with van der Waals surface area (Å²) in [4.78, 5) is 24.3. The largest absolute Gasteiger partial charge is 0.381 e. The molecule has 1 aromatic heterocycles. The van der Waals surface area contributed by atoms with Crippen molar-refractivity contribution in [2.45, 2.75) is 31.5 Å². The number of urea groups is 1. The van der Waals surface area contributed by atoms with E-state index in [2.05, 4.69) is 39.0 Å². The van der Waals surface area contributed by atoms with E-state index >= 15 is 0 Å². The Morgan fingerprint density at radius 2 is 1.81 bits per heavy atom. The Bertz CT molecular complexity index is 836. The summed E-state index contributed by atoms with van der Waals surface area (Å²) in [6.07, 6.45) is 1.94. The molecular formula is C21H26N4O2. The smallest absolute Gasteiger partial charge is 0.320 e. The van der Waals surface area contributed by atoms with E-state index in [0.717, 1.165) is 70.0 Å². The molecule has 142 valence electrons. The number of aromatic nitrogens is 1. The highest BCUT2D eigenvalue weighted by atomic mass is 16.5. The fraction of sp³-hybridized carbons (Fsp3) is 0.524. The van der Waals surface area contributed by atoms with Gasteiger partial charge in [0.2, 0.25) is 0 Å². The summed E-state index contributed by atoms with van der Waals surface area (Å²) in [5.74, 6) is 0. The van der Waals surface area contributed by atoms with Crippen LogP contribution in [0.4, 0.5) is 4.79 Å². The monoisotopic (exact) mass is 366 g/mol. The molecule has 1 atom stereocenters. The minimum atomic E-state index is 0.232. The highest BCUT2D eigenvalue weighted by Gasteiger charge is 2.43. The van der Waals surface area contributed by atoms with E-state index in [1.807, 2.05) is 12.1 Å². The van der Waals surface area contributed by atoms with Gasteiger partial charge in [-0.3, -0.25) is 9.88 Å². The van der Waals surface area contributed by atoms with Gasteiger partial charge in [-0.1, -0.05) is 24.3 Å². The Hall–Kier alpha value is -2.18. The Kier molecular flexibility index (Phi) is 4.45. The van der Waals surface area contributed by atoms with E-state index in [1.165, 1.54) is 5.39 Å². The lowest BCUT2D eigenvalue weighted by atomic mass is 10.1. The summed E-state index contributed by atoms with van der Waals surface area (Å²) in [7, 11) is 0. The molecule has 3 aliphatic heterocycles. The Labute approximate surface area is 159 Å². The lowest BCUT2D eigenvalue weighted by molar-refractivity contribution is 0.0504. The molecule has 1 aromatic carbocycles. The number of para-hydroxylation sites is 1. The first-order valence-electron chi connectivity index (χ1n) is 10.00. The first-order chi connectivity index (χ1) is 13.3. The van der Waals surface area contributed by atoms with Crippen molar-refractivity contribution in [2.75, 3.05) is 39.4 Å². The molecule has 27 heavy (non-hydrogen) atoms. The van der Waals surface area contributed by atoms with Crippen molar-refractivity contribution in [3.05, 3.63) is 42.1 Å². The van der Waals surface area contributed by atoms with Crippen molar-refractivity contribution in [1.82, 2.24) is 19.7 Å². The average molecular weight is 366 g/mol. The second-order valence-electron chi connectivity index (χ2n) is 7.86. The lowest BCUT2D eigenvalue weighted by Crippen LogP contribution is -2.51. The van der Waals surface area contributed by atoms with Crippen LogP contribution in [0.1, 0.15) is 18.5 Å². The number of carbonyl (C=O) groups is 1. The van der Waals surface area contributed by atoms with E-state index in [1.54, 1.807) is 0 Å². The third-order valence-corrected chi connectivity index (χ3v) is 6.14. The Balaban J connectivity index is 1.25. The number of rotatable bonds is 3. The number of amides is 2. The molecule has 0 bridgehead atoms. The third-order valence-electron chi connectivity index (χ3n) is 6.14. The maximum atomic E-state index is 12.8. The van der Waals surface area contributed by atoms with Gasteiger partial charge in [0, 0.05) is 57.4 Å². The standard InChI is InChI=1S/C21H26N4O2/c26-21-24-10-9-23(13-17-6-5-16-3-1-2-4-20(16)22-17)14-19(24)15-25(21)18-7-11-27-12-8-18/h1-6,18-19H,7-15H2. The van der Waals surface area contributed by atoms with E-state index in [0.29, 0.717) is 12.1 Å². The molecule has 3 aliphatic rings. The van der Waals surface area contributed by atoms with Crippen molar-refractivity contribution < 1.29 is 9.53 Å². The molecular weight excluding hydrogens is 340 g/mol. The molecule has 3 saturated heterocycles. The quantitative estimate of drug-likeness (QED) is 0.837. The van der Waals surface area contributed by atoms with Crippen LogP contribution in [0.3, 0.4) is 0 Å². The van der Waals surface area contributed by atoms with Gasteiger partial charge in [0.1, 0.15) is 0 Å². The summed E-state index contributed by atoms with van der Waals surface area (Å²) >= 11 is 0. The Morgan fingerprint density at radius 3 is 2.70 bits per heavy atom. The van der Waals surface area contributed by atoms with E-state index < -0.39 is 0 Å². The minimum absolute atomic E-state index is 0.232. The van der Waals surface area contributed by atoms with Crippen LogP contribution in [0, 0.1) is 0 Å². The molecule has 0 saturated carbocycles. The van der Waals surface area contributed by atoms with Crippen LogP contribution in [0.2, 0.25) is 0 Å². The molecule has 4 heterocycles. The number of hydrogen-bond donors (Lipinski definition) is 0. The number of hydrogen-bond acceptors (Lipinski definition) is 4. The average Bonchev–Trinajstić information content (AvgIpc) is 3.04. The van der Waals surface area contributed by atoms with Gasteiger partial charge in [-0.2, -0.15) is 0 Å². The van der Waals surface area contributed by atoms with Gasteiger partial charge in [0.25, 0.3) is 0 Å². The Morgan fingerprint density at radius 1 is 0.963 bits per heavy atom. The van der Waals surface area contributed by atoms with Crippen LogP contribution in [-0.4, -0.2) is 77.2 Å². The first kappa shape index (κ1) is 17.0. The number of nitrogens with zero attached hydrogens (tertiary/aromatic N) is 4. The van der Waals surface area contributed by atoms with Gasteiger partial charge >= 0.3 is 6.03 Å². The molecule has 0 N–H and O–H groups in total. The number of piperazine rings is 1. The maximum Gasteiger partial charge on any atom is 0.320 e. The zero-order valence-electron chi connectivity index (χ0n) is 15.6. The predicted molar refractivity (Wildman–Crippen MR) is 103 cm³/mol. The maximum absolute atomic E-state index is 12.8. The molecule has 5 rings (SSSR count). The van der Waals surface area contributed by atoms with Crippen molar-refractivity contribution in [3.8, 4) is 0 Å². The molecule has 0 spiro atoms. The minimum Gasteiger partial charge on any atom is -0.381 e. The molecule has 6 heteroatoms. The van der Waals surface area contributed by atoms with Crippen LogP contribution in [0.25, 0.3) is 10.9 Å². The normalized spacial score (nSPS) is 24.6. The van der Waals surface area contributed by atoms with Crippen molar-refractivity contribution in [2.24, 2.45) is 0 Å². The summed E-state index contributed by atoms with van der Waals surface area (Å²) < 4.78 is 5.46. The number of benzene rings is 1. The molecule has 6 nitrogen and oxygen atoms in total. The first-order valence-corrected chi connectivity index (χ1v) is 10.00. The highest BCUT2D eigenvalue weighted by Crippen LogP contribution is 2.26. The molecule has 0 radical (unpaired) electrons. The van der Waals surface area contributed by atoms with E-state index in [4.69, 9.17) is 9.72 Å². The summed E-state index contributed by atoms with van der Waals surface area (Å²) in [5.41, 5.74) is 2.16. The van der Waals surface area contributed by atoms with Gasteiger partial charge < -0.3 is 14.5 Å². The summed E-state index contributed by atoms with van der Waals surface area (Å²) in [6, 6.07) is 13.4. The van der Waals surface area contributed by atoms with Crippen LogP contribution < -0.4 is 0 Å². The summed E-state index contributed by atoms with van der Waals surface area (Å²) in [6.45, 7) is 5.92. The number of pyridine rings is 1. The highest BCUT2D eigenvalue weighted by molar-refractivity contribution is 5.78. The van der Waals surface area contributed by atoms with Crippen molar-refractivity contribution >= 4 is 16.9 Å². The fourth-order valence-electron chi connectivity index (χ4n) is 4.67. The molecule has 1 unspecified atom stereocenters. The molecule has 0 aliphatic carbocycles. The van der Waals surface area contributed by atoms with E-state index in [9.17, 15) is 4.79 Å². The zero-order chi connectivity index (χ0) is 18.2. The fourth-order valence-corrected chi connectivity index (χ4v) is 4.67. The molecule has 2 amide bonds. The van der Waals surface area contributed by atoms with Crippen LogP contribution in [-0.2, 0) is 11.3 Å². The van der Waals surface area contributed by atoms with Gasteiger partial charge in [0.05, 0.1) is 17.3 Å². The molecule has 2 aromatic rings. The van der Waals surface area contributed by atoms with Gasteiger partial charge in [0.15, 0.2) is 0 Å². The SMILES string of the molecule is O=C1N2CCN(Cc3ccc4ccccc4n3)CC2CN1C1CCOCC1. The van der Waals surface area contributed by atoms with E-state index in [-0.39, 0.29) is 6.03 Å². The number of ether oxygens (including phenoxy) is 1. The van der Waals surface area contributed by atoms with Gasteiger partial charge in [-0.15, -0.1) is 0 Å². The summed E-state index contributed by atoms with van der Waals surface area (Å²) in [5, 5.41) is 1.18. The topological polar surface area (TPSA) is 48.9 Å². The second kappa shape index (κ2) is 7.09. The predicted octanol–water partition coefficient (Wildman–Crippen LogP) is 2.34. The van der Waals surface area contributed by atoms with Gasteiger partial charge in [-0.05, 0) is 25.0 Å². The van der Waals surface area contributed by atoms with Crippen molar-refractivity contribution in [1.29, 1.82) is 0 Å². The molecule has 3 fully saturated rings. The lowest BCUT2D eigenvalue weighted by Gasteiger charge is -2.36. The van der Waals surface area contributed by atoms with Crippen LogP contribution in [0.5, 0.6) is 0 Å². The second-order valence-corrected chi connectivity index (χ2v) is 7.86. The van der Waals surface area contributed by atoms with Gasteiger partial charge in [-0.25, -0.2) is 4.79 Å². The van der Waals surface area contributed by atoms with Crippen molar-refractivity contribution in [3.63, 3.8) is 0 Å². The number of carbonyl (C=O) groups excluding carboxylic acids is 1. The van der Waals surface area contributed by atoms with Crippen LogP contribution in [0.15, 0.2) is 36.4 Å². The number of fused-ring (bicyclic) bond motifs is 2. The zero-order valence-corrected chi connectivity index (χ0v) is 15.6. The van der Waals surface area contributed by atoms with Crippen LogP contribution >= 0.6 is 0 Å².